The second-order valence-corrected chi connectivity index (χ2v) is 8.89. The number of aromatic nitrogens is 2. The highest BCUT2D eigenvalue weighted by atomic mass is 32.2. The van der Waals surface area contributed by atoms with Crippen LogP contribution in [0.4, 0.5) is 5.82 Å². The summed E-state index contributed by atoms with van der Waals surface area (Å²) in [5.74, 6) is 0.744. The Kier molecular flexibility index (Phi) is 5.67. The molecule has 0 amide bonds. The normalized spacial score (nSPS) is 16.1. The molecule has 0 spiro atoms. The van der Waals surface area contributed by atoms with E-state index in [0.29, 0.717) is 49.4 Å². The number of anilines is 1. The minimum absolute atomic E-state index is 0.138. The van der Waals surface area contributed by atoms with Crippen molar-refractivity contribution in [3.63, 3.8) is 0 Å². The van der Waals surface area contributed by atoms with Gasteiger partial charge in [-0.15, -0.1) is 0 Å². The summed E-state index contributed by atoms with van der Waals surface area (Å²) in [6.45, 7) is 8.18. The molecule has 8 heteroatoms. The fraction of sp³-hybridized carbons (Fsp3) is 0.474. The van der Waals surface area contributed by atoms with E-state index >= 15 is 0 Å². The third kappa shape index (κ3) is 3.91. The molecule has 27 heavy (non-hydrogen) atoms. The Bertz CT molecular complexity index is 944. The lowest BCUT2D eigenvalue weighted by atomic mass is 10.0. The van der Waals surface area contributed by atoms with Crippen LogP contribution in [0.5, 0.6) is 0 Å². The molecule has 1 aliphatic heterocycles. The first-order chi connectivity index (χ1) is 12.8. The third-order valence-electron chi connectivity index (χ3n) is 4.96. The van der Waals surface area contributed by atoms with Crippen molar-refractivity contribution in [1.82, 2.24) is 13.9 Å². The zero-order valence-corrected chi connectivity index (χ0v) is 16.8. The summed E-state index contributed by atoms with van der Waals surface area (Å²) in [5.41, 5.74) is 0.974. The molecule has 1 saturated heterocycles. The van der Waals surface area contributed by atoms with Crippen LogP contribution in [0.2, 0.25) is 0 Å². The first kappa shape index (κ1) is 19.6. The molecule has 1 aromatic heterocycles. The van der Waals surface area contributed by atoms with Crippen LogP contribution in [-0.4, -0.2) is 48.5 Å². The number of sulfonamides is 1. The average Bonchev–Trinajstić information content (AvgIpc) is 2.68. The number of piperazine rings is 1. The fourth-order valence-electron chi connectivity index (χ4n) is 3.22. The minimum atomic E-state index is -3.53. The zero-order chi connectivity index (χ0) is 19.6. The molecule has 1 fully saturated rings. The van der Waals surface area contributed by atoms with E-state index in [-0.39, 0.29) is 5.56 Å². The maximum absolute atomic E-state index is 12.9. The molecule has 1 aliphatic rings. The van der Waals surface area contributed by atoms with E-state index < -0.39 is 10.0 Å². The molecule has 3 rings (SSSR count). The molecule has 0 unspecified atom stereocenters. The number of aryl methyl sites for hydroxylation is 1. The van der Waals surface area contributed by atoms with Gasteiger partial charge in [-0.2, -0.15) is 4.31 Å². The van der Waals surface area contributed by atoms with E-state index in [9.17, 15) is 13.2 Å². The van der Waals surface area contributed by atoms with Gasteiger partial charge in [0.25, 0.3) is 5.56 Å². The van der Waals surface area contributed by atoms with E-state index in [1.807, 2.05) is 24.0 Å². The first-order valence-electron chi connectivity index (χ1n) is 9.25. The molecule has 0 atom stereocenters. The second kappa shape index (κ2) is 7.82. The predicted molar refractivity (Wildman–Crippen MR) is 106 cm³/mol. The Hall–Kier alpha value is -2.19. The Morgan fingerprint density at radius 2 is 1.70 bits per heavy atom. The van der Waals surface area contributed by atoms with Crippen molar-refractivity contribution in [3.8, 4) is 0 Å². The van der Waals surface area contributed by atoms with Gasteiger partial charge in [0.2, 0.25) is 10.0 Å². The summed E-state index contributed by atoms with van der Waals surface area (Å²) >= 11 is 0. The van der Waals surface area contributed by atoms with Gasteiger partial charge >= 0.3 is 0 Å². The number of nitrogens with zero attached hydrogens (tertiary/aromatic N) is 4. The molecule has 0 bridgehead atoms. The molecule has 0 saturated carbocycles. The maximum Gasteiger partial charge on any atom is 0.293 e. The van der Waals surface area contributed by atoms with Crippen molar-refractivity contribution in [2.45, 2.75) is 38.1 Å². The number of rotatable bonds is 5. The van der Waals surface area contributed by atoms with E-state index in [1.54, 1.807) is 29.1 Å². The van der Waals surface area contributed by atoms with Crippen molar-refractivity contribution in [2.24, 2.45) is 0 Å². The molecule has 7 nitrogen and oxygen atoms in total. The van der Waals surface area contributed by atoms with Crippen molar-refractivity contribution < 1.29 is 8.42 Å². The summed E-state index contributed by atoms with van der Waals surface area (Å²) in [4.78, 5) is 18.8. The summed E-state index contributed by atoms with van der Waals surface area (Å²) in [5, 5.41) is 0. The van der Waals surface area contributed by atoms with Crippen molar-refractivity contribution in [3.05, 3.63) is 52.6 Å². The Morgan fingerprint density at radius 1 is 1.07 bits per heavy atom. The van der Waals surface area contributed by atoms with E-state index in [1.165, 1.54) is 4.31 Å². The lowest BCUT2D eigenvalue weighted by Gasteiger charge is -2.34. The molecule has 2 aromatic rings. The van der Waals surface area contributed by atoms with E-state index in [0.717, 1.165) is 5.56 Å². The summed E-state index contributed by atoms with van der Waals surface area (Å²) in [7, 11) is -3.53. The van der Waals surface area contributed by atoms with Gasteiger partial charge in [0.15, 0.2) is 5.82 Å². The standard InChI is InChI=1S/C19H26N4O3S/c1-4-21-10-9-20-18(19(21)24)22-11-13-23(14-12-22)27(25,26)17-7-5-16(6-8-17)15(2)3/h5-10,15H,4,11-14H2,1-3H3. The van der Waals surface area contributed by atoms with Crippen LogP contribution in [0.15, 0.2) is 46.3 Å². The highest BCUT2D eigenvalue weighted by Gasteiger charge is 2.29. The Morgan fingerprint density at radius 3 is 2.26 bits per heavy atom. The van der Waals surface area contributed by atoms with Gasteiger partial charge in [-0.3, -0.25) is 4.79 Å². The third-order valence-corrected chi connectivity index (χ3v) is 6.87. The molecular weight excluding hydrogens is 364 g/mol. The van der Waals surface area contributed by atoms with Gasteiger partial charge in [-0.25, -0.2) is 13.4 Å². The predicted octanol–water partition coefficient (Wildman–Crippen LogP) is 1.90. The average molecular weight is 391 g/mol. The Balaban J connectivity index is 1.74. The highest BCUT2D eigenvalue weighted by molar-refractivity contribution is 7.89. The van der Waals surface area contributed by atoms with Gasteiger partial charge in [-0.05, 0) is 30.5 Å². The minimum Gasteiger partial charge on any atom is -0.349 e. The largest absolute Gasteiger partial charge is 0.349 e. The monoisotopic (exact) mass is 390 g/mol. The Labute approximate surface area is 160 Å². The molecule has 2 heterocycles. The molecule has 1 aromatic carbocycles. The van der Waals surface area contributed by atoms with Crippen LogP contribution in [0, 0.1) is 0 Å². The van der Waals surface area contributed by atoms with Gasteiger partial charge < -0.3 is 9.47 Å². The molecule has 146 valence electrons. The summed E-state index contributed by atoms with van der Waals surface area (Å²) in [6.07, 6.45) is 3.27. The first-order valence-corrected chi connectivity index (χ1v) is 10.7. The van der Waals surface area contributed by atoms with Crippen molar-refractivity contribution in [1.29, 1.82) is 0 Å². The van der Waals surface area contributed by atoms with Gasteiger partial charge in [0, 0.05) is 45.1 Å². The van der Waals surface area contributed by atoms with Crippen molar-refractivity contribution in [2.75, 3.05) is 31.1 Å². The lowest BCUT2D eigenvalue weighted by molar-refractivity contribution is 0.383. The van der Waals surface area contributed by atoms with Crippen LogP contribution >= 0.6 is 0 Å². The van der Waals surface area contributed by atoms with Gasteiger partial charge in [0.05, 0.1) is 4.90 Å². The van der Waals surface area contributed by atoms with E-state index in [2.05, 4.69) is 18.8 Å². The quantitative estimate of drug-likeness (QED) is 0.779. The number of benzene rings is 1. The number of hydrogen-bond donors (Lipinski definition) is 0. The lowest BCUT2D eigenvalue weighted by Crippen LogP contribution is -2.50. The molecule has 0 radical (unpaired) electrons. The molecule has 0 N–H and O–H groups in total. The van der Waals surface area contributed by atoms with Crippen LogP contribution in [0.25, 0.3) is 0 Å². The van der Waals surface area contributed by atoms with Crippen LogP contribution in [0.3, 0.4) is 0 Å². The van der Waals surface area contributed by atoms with Crippen molar-refractivity contribution >= 4 is 15.8 Å². The van der Waals surface area contributed by atoms with Crippen LogP contribution in [0.1, 0.15) is 32.3 Å². The SMILES string of the molecule is CCn1ccnc(N2CCN(S(=O)(=O)c3ccc(C(C)C)cc3)CC2)c1=O. The zero-order valence-electron chi connectivity index (χ0n) is 16.0. The van der Waals surface area contributed by atoms with E-state index in [4.69, 9.17) is 0 Å². The smallest absolute Gasteiger partial charge is 0.293 e. The van der Waals surface area contributed by atoms with Crippen LogP contribution < -0.4 is 10.5 Å². The van der Waals surface area contributed by atoms with Gasteiger partial charge in [0.1, 0.15) is 0 Å². The fourth-order valence-corrected chi connectivity index (χ4v) is 4.64. The van der Waals surface area contributed by atoms with Crippen LogP contribution in [-0.2, 0) is 16.6 Å². The molecule has 0 aliphatic carbocycles. The molecular formula is C19H26N4O3S. The summed E-state index contributed by atoms with van der Waals surface area (Å²) in [6, 6.07) is 7.09. The number of hydrogen-bond acceptors (Lipinski definition) is 5. The maximum atomic E-state index is 12.9. The van der Waals surface area contributed by atoms with Gasteiger partial charge in [-0.1, -0.05) is 26.0 Å². The summed E-state index contributed by atoms with van der Waals surface area (Å²) < 4.78 is 28.9. The second-order valence-electron chi connectivity index (χ2n) is 6.96. The topological polar surface area (TPSA) is 75.5 Å². The highest BCUT2D eigenvalue weighted by Crippen LogP contribution is 2.21.